The minimum atomic E-state index is -2.95. The first kappa shape index (κ1) is 15.9. The van der Waals surface area contributed by atoms with Crippen LogP contribution < -0.4 is 5.32 Å². The lowest BCUT2D eigenvalue weighted by atomic mass is 9.89. The molecule has 0 aliphatic rings. The van der Waals surface area contributed by atoms with Crippen LogP contribution in [0.5, 0.6) is 0 Å². The van der Waals surface area contributed by atoms with Gasteiger partial charge in [-0.15, -0.1) is 0 Å². The first-order chi connectivity index (χ1) is 6.99. The minimum absolute atomic E-state index is 0.0845. The second kappa shape index (κ2) is 5.98. The topological polar surface area (TPSA) is 66.4 Å². The summed E-state index contributed by atoms with van der Waals surface area (Å²) in [5.74, 6) is 0.106. The Labute approximate surface area is 99.4 Å². The standard InChI is InChI=1S/C11H25NO3S/c1-9(8-16(5,14)15)12-7-10(13)6-11(2,3)4/h9-10,12-13H,6-8H2,1-5H3. The van der Waals surface area contributed by atoms with E-state index in [-0.39, 0.29) is 17.2 Å². The van der Waals surface area contributed by atoms with Gasteiger partial charge in [0.25, 0.3) is 0 Å². The van der Waals surface area contributed by atoms with Crippen LogP contribution in [0.4, 0.5) is 0 Å². The molecule has 0 aromatic heterocycles. The second-order valence-corrected chi connectivity index (χ2v) is 8.01. The van der Waals surface area contributed by atoms with Crippen molar-refractivity contribution in [1.29, 1.82) is 0 Å². The Hall–Kier alpha value is -0.130. The maximum absolute atomic E-state index is 11.0. The van der Waals surface area contributed by atoms with Crippen LogP contribution in [0, 0.1) is 5.41 Å². The molecule has 0 bridgehead atoms. The molecule has 4 nitrogen and oxygen atoms in total. The third kappa shape index (κ3) is 10.4. The summed E-state index contributed by atoms with van der Waals surface area (Å²) in [6.45, 7) is 8.45. The molecule has 2 atom stereocenters. The van der Waals surface area contributed by atoms with E-state index >= 15 is 0 Å². The SMILES string of the molecule is CC(CS(C)(=O)=O)NCC(O)CC(C)(C)C. The molecule has 0 radical (unpaired) electrons. The predicted octanol–water partition coefficient (Wildman–Crippen LogP) is 0.806. The molecule has 0 saturated carbocycles. The monoisotopic (exact) mass is 251 g/mol. The lowest BCUT2D eigenvalue weighted by Gasteiger charge is -2.23. The molecule has 0 aliphatic heterocycles. The van der Waals surface area contributed by atoms with Gasteiger partial charge >= 0.3 is 0 Å². The van der Waals surface area contributed by atoms with E-state index in [0.717, 1.165) is 0 Å². The number of hydrogen-bond acceptors (Lipinski definition) is 4. The van der Waals surface area contributed by atoms with Crippen LogP contribution in [-0.4, -0.2) is 44.2 Å². The van der Waals surface area contributed by atoms with Crippen molar-refractivity contribution in [3.8, 4) is 0 Å². The van der Waals surface area contributed by atoms with Gasteiger partial charge in [0.05, 0.1) is 11.9 Å². The first-order valence-corrected chi connectivity index (χ1v) is 7.65. The zero-order valence-electron chi connectivity index (χ0n) is 10.9. The lowest BCUT2D eigenvalue weighted by molar-refractivity contribution is 0.118. The fourth-order valence-corrected chi connectivity index (χ4v) is 2.66. The maximum Gasteiger partial charge on any atom is 0.148 e. The van der Waals surface area contributed by atoms with Crippen molar-refractivity contribution >= 4 is 9.84 Å². The van der Waals surface area contributed by atoms with Crippen molar-refractivity contribution in [2.24, 2.45) is 5.41 Å². The van der Waals surface area contributed by atoms with Crippen molar-refractivity contribution in [3.63, 3.8) is 0 Å². The highest BCUT2D eigenvalue weighted by atomic mass is 32.2. The highest BCUT2D eigenvalue weighted by molar-refractivity contribution is 7.90. The van der Waals surface area contributed by atoms with E-state index in [2.05, 4.69) is 26.1 Å². The molecule has 5 heteroatoms. The normalized spacial score (nSPS) is 17.1. The summed E-state index contributed by atoms with van der Waals surface area (Å²) in [5.41, 5.74) is 0.0845. The van der Waals surface area contributed by atoms with Crippen LogP contribution >= 0.6 is 0 Å². The van der Waals surface area contributed by atoms with E-state index < -0.39 is 15.9 Å². The molecule has 0 amide bonds. The molecule has 0 spiro atoms. The van der Waals surface area contributed by atoms with E-state index in [1.807, 2.05) is 6.92 Å². The van der Waals surface area contributed by atoms with Gasteiger partial charge in [0.2, 0.25) is 0 Å². The number of rotatable bonds is 6. The maximum atomic E-state index is 11.0. The third-order valence-corrected chi connectivity index (χ3v) is 3.21. The summed E-state index contributed by atoms with van der Waals surface area (Å²) >= 11 is 0. The second-order valence-electron chi connectivity index (χ2n) is 5.82. The number of sulfone groups is 1. The fraction of sp³-hybridized carbons (Fsp3) is 1.00. The molecule has 0 heterocycles. The van der Waals surface area contributed by atoms with Crippen LogP contribution in [0.25, 0.3) is 0 Å². The molecule has 0 aliphatic carbocycles. The van der Waals surface area contributed by atoms with E-state index in [1.165, 1.54) is 6.26 Å². The Balaban J connectivity index is 3.88. The number of aliphatic hydroxyl groups excluding tert-OH is 1. The van der Waals surface area contributed by atoms with Crippen molar-refractivity contribution in [2.75, 3.05) is 18.6 Å². The number of aliphatic hydroxyl groups is 1. The van der Waals surface area contributed by atoms with Gasteiger partial charge < -0.3 is 10.4 Å². The highest BCUT2D eigenvalue weighted by Gasteiger charge is 2.17. The van der Waals surface area contributed by atoms with E-state index in [9.17, 15) is 13.5 Å². The summed E-state index contributed by atoms with van der Waals surface area (Å²) in [4.78, 5) is 0. The number of hydrogen-bond donors (Lipinski definition) is 2. The zero-order chi connectivity index (χ0) is 13.0. The summed E-state index contributed by atoms with van der Waals surface area (Å²) in [6.07, 6.45) is 1.49. The van der Waals surface area contributed by atoms with Gasteiger partial charge in [-0.25, -0.2) is 8.42 Å². The molecule has 0 fully saturated rings. The fourth-order valence-electron chi connectivity index (χ4n) is 1.63. The Morgan fingerprint density at radius 1 is 1.31 bits per heavy atom. The van der Waals surface area contributed by atoms with Crippen LogP contribution in [0.2, 0.25) is 0 Å². The van der Waals surface area contributed by atoms with E-state index in [0.29, 0.717) is 13.0 Å². The molecule has 2 unspecified atom stereocenters. The minimum Gasteiger partial charge on any atom is -0.392 e. The smallest absolute Gasteiger partial charge is 0.148 e. The molecular weight excluding hydrogens is 226 g/mol. The number of nitrogens with one attached hydrogen (secondary N) is 1. The van der Waals surface area contributed by atoms with Crippen molar-refractivity contribution in [1.82, 2.24) is 5.32 Å². The van der Waals surface area contributed by atoms with Crippen LogP contribution in [0.3, 0.4) is 0 Å². The van der Waals surface area contributed by atoms with Crippen molar-refractivity contribution < 1.29 is 13.5 Å². The third-order valence-electron chi connectivity index (χ3n) is 2.10. The van der Waals surface area contributed by atoms with Gasteiger partial charge in [-0.3, -0.25) is 0 Å². The van der Waals surface area contributed by atoms with Gasteiger partial charge in [-0.05, 0) is 18.8 Å². The van der Waals surface area contributed by atoms with Crippen LogP contribution in [-0.2, 0) is 9.84 Å². The Kier molecular flexibility index (Phi) is 5.93. The molecule has 0 rings (SSSR count). The van der Waals surface area contributed by atoms with Crippen LogP contribution in [0.15, 0.2) is 0 Å². The first-order valence-electron chi connectivity index (χ1n) is 5.59. The average molecular weight is 251 g/mol. The van der Waals surface area contributed by atoms with Gasteiger partial charge in [-0.2, -0.15) is 0 Å². The molecule has 0 saturated heterocycles. The molecule has 0 aromatic rings. The summed E-state index contributed by atoms with van der Waals surface area (Å²) in [7, 11) is -2.95. The quantitative estimate of drug-likeness (QED) is 0.733. The summed E-state index contributed by atoms with van der Waals surface area (Å²) in [6, 6.07) is -0.121. The molecule has 98 valence electrons. The van der Waals surface area contributed by atoms with Crippen LogP contribution in [0.1, 0.15) is 34.1 Å². The largest absolute Gasteiger partial charge is 0.392 e. The molecular formula is C11H25NO3S. The van der Waals surface area contributed by atoms with Gasteiger partial charge in [0, 0.05) is 18.8 Å². The average Bonchev–Trinajstić information content (AvgIpc) is 1.94. The van der Waals surface area contributed by atoms with E-state index in [4.69, 9.17) is 0 Å². The lowest BCUT2D eigenvalue weighted by Crippen LogP contribution is -2.38. The predicted molar refractivity (Wildman–Crippen MR) is 67.3 cm³/mol. The van der Waals surface area contributed by atoms with Crippen molar-refractivity contribution in [2.45, 2.75) is 46.3 Å². The van der Waals surface area contributed by atoms with Gasteiger partial charge in [0.1, 0.15) is 9.84 Å². The molecule has 16 heavy (non-hydrogen) atoms. The highest BCUT2D eigenvalue weighted by Crippen LogP contribution is 2.20. The molecule has 2 N–H and O–H groups in total. The Bertz CT molecular complexity index is 293. The Morgan fingerprint density at radius 3 is 2.19 bits per heavy atom. The Morgan fingerprint density at radius 2 is 1.81 bits per heavy atom. The molecule has 0 aromatic carbocycles. The van der Waals surface area contributed by atoms with Crippen molar-refractivity contribution in [3.05, 3.63) is 0 Å². The summed E-state index contributed by atoms with van der Waals surface area (Å²) in [5, 5.41) is 12.8. The summed E-state index contributed by atoms with van der Waals surface area (Å²) < 4.78 is 22.0. The van der Waals surface area contributed by atoms with Gasteiger partial charge in [0.15, 0.2) is 0 Å². The zero-order valence-corrected chi connectivity index (χ0v) is 11.8. The van der Waals surface area contributed by atoms with Gasteiger partial charge in [-0.1, -0.05) is 20.8 Å². The van der Waals surface area contributed by atoms with E-state index in [1.54, 1.807) is 0 Å².